The summed E-state index contributed by atoms with van der Waals surface area (Å²) in [5, 5.41) is 19.7. The Balaban J connectivity index is 2.76. The topological polar surface area (TPSA) is 87.1 Å². The zero-order chi connectivity index (χ0) is 11.7. The lowest BCUT2D eigenvalue weighted by Gasteiger charge is -2.03. The molecule has 0 spiro atoms. The molecule has 0 bridgehead atoms. The first kappa shape index (κ1) is 9.99. The smallest absolute Gasteiger partial charge is 0.252 e. The number of hydrogen-bond donors (Lipinski definition) is 2. The maximum Gasteiger partial charge on any atom is 0.252 e. The first-order valence-corrected chi connectivity index (χ1v) is 4.58. The van der Waals surface area contributed by atoms with E-state index in [1.165, 1.54) is 12.1 Å². The quantitative estimate of drug-likeness (QED) is 0.751. The van der Waals surface area contributed by atoms with Gasteiger partial charge in [0, 0.05) is 0 Å². The fourth-order valence-electron chi connectivity index (χ4n) is 1.55. The van der Waals surface area contributed by atoms with Gasteiger partial charge in [0.25, 0.3) is 5.91 Å². The van der Waals surface area contributed by atoms with Crippen molar-refractivity contribution < 1.29 is 9.90 Å². The molecule has 0 aliphatic carbocycles. The van der Waals surface area contributed by atoms with Crippen LogP contribution in [0.5, 0.6) is 5.75 Å². The summed E-state index contributed by atoms with van der Waals surface area (Å²) in [6, 6.07) is 9.93. The standard InChI is InChI=1S/C12H8N2O2/c13-6-7-1-2-8-5-11(15)10(12(14)16)4-9(8)3-7/h1-5,15H,(H2,14,16). The van der Waals surface area contributed by atoms with Gasteiger partial charge in [0.05, 0.1) is 17.2 Å². The van der Waals surface area contributed by atoms with Gasteiger partial charge in [-0.3, -0.25) is 4.79 Å². The van der Waals surface area contributed by atoms with Crippen molar-refractivity contribution in [3.05, 3.63) is 41.5 Å². The van der Waals surface area contributed by atoms with Crippen LogP contribution < -0.4 is 5.73 Å². The Morgan fingerprint density at radius 2 is 2.00 bits per heavy atom. The highest BCUT2D eigenvalue weighted by molar-refractivity contribution is 6.00. The minimum atomic E-state index is -0.693. The lowest BCUT2D eigenvalue weighted by Crippen LogP contribution is -2.10. The predicted molar refractivity (Wildman–Crippen MR) is 58.8 cm³/mol. The van der Waals surface area contributed by atoms with Crippen molar-refractivity contribution in [1.82, 2.24) is 0 Å². The lowest BCUT2D eigenvalue weighted by molar-refractivity contribution is 0.0998. The maximum absolute atomic E-state index is 11.0. The lowest BCUT2D eigenvalue weighted by atomic mass is 10.0. The summed E-state index contributed by atoms with van der Waals surface area (Å²) in [7, 11) is 0. The summed E-state index contributed by atoms with van der Waals surface area (Å²) in [4.78, 5) is 11.0. The predicted octanol–water partition coefficient (Wildman–Crippen LogP) is 1.52. The van der Waals surface area contributed by atoms with Crippen LogP contribution in [-0.4, -0.2) is 11.0 Å². The second kappa shape index (κ2) is 3.55. The van der Waals surface area contributed by atoms with E-state index in [0.717, 1.165) is 5.39 Å². The number of amides is 1. The molecular weight excluding hydrogens is 204 g/mol. The van der Waals surface area contributed by atoms with Crippen molar-refractivity contribution in [3.63, 3.8) is 0 Å². The van der Waals surface area contributed by atoms with Crippen LogP contribution in [0.1, 0.15) is 15.9 Å². The molecule has 2 aromatic rings. The van der Waals surface area contributed by atoms with Crippen LogP contribution in [0.3, 0.4) is 0 Å². The second-order valence-corrected chi connectivity index (χ2v) is 3.41. The van der Waals surface area contributed by atoms with Crippen LogP contribution in [-0.2, 0) is 0 Å². The van der Waals surface area contributed by atoms with E-state index in [9.17, 15) is 9.90 Å². The molecule has 0 radical (unpaired) electrons. The Hall–Kier alpha value is -2.54. The Kier molecular flexibility index (Phi) is 2.22. The van der Waals surface area contributed by atoms with Crippen molar-refractivity contribution >= 4 is 16.7 Å². The molecule has 0 aliphatic heterocycles. The summed E-state index contributed by atoms with van der Waals surface area (Å²) in [6.07, 6.45) is 0. The summed E-state index contributed by atoms with van der Waals surface area (Å²) in [5.41, 5.74) is 5.66. The Morgan fingerprint density at radius 1 is 1.25 bits per heavy atom. The summed E-state index contributed by atoms with van der Waals surface area (Å²) >= 11 is 0. The van der Waals surface area contributed by atoms with Crippen LogP contribution in [0, 0.1) is 11.3 Å². The molecule has 0 unspecified atom stereocenters. The molecule has 4 nitrogen and oxygen atoms in total. The van der Waals surface area contributed by atoms with E-state index >= 15 is 0 Å². The molecular formula is C12H8N2O2. The number of phenols is 1. The zero-order valence-electron chi connectivity index (χ0n) is 8.27. The van der Waals surface area contributed by atoms with E-state index in [1.807, 2.05) is 6.07 Å². The van der Waals surface area contributed by atoms with Gasteiger partial charge in [-0.05, 0) is 35.0 Å². The van der Waals surface area contributed by atoms with E-state index in [-0.39, 0.29) is 11.3 Å². The Labute approximate surface area is 91.5 Å². The summed E-state index contributed by atoms with van der Waals surface area (Å²) in [5.74, 6) is -0.841. The van der Waals surface area contributed by atoms with Crippen molar-refractivity contribution in [2.45, 2.75) is 0 Å². The monoisotopic (exact) mass is 212 g/mol. The van der Waals surface area contributed by atoms with Gasteiger partial charge in [0.1, 0.15) is 5.75 Å². The largest absolute Gasteiger partial charge is 0.507 e. The molecule has 0 saturated heterocycles. The average molecular weight is 212 g/mol. The molecule has 16 heavy (non-hydrogen) atoms. The molecule has 4 heteroatoms. The maximum atomic E-state index is 11.0. The van der Waals surface area contributed by atoms with Crippen molar-refractivity contribution in [2.24, 2.45) is 5.73 Å². The van der Waals surface area contributed by atoms with Gasteiger partial charge in [-0.25, -0.2) is 0 Å². The van der Waals surface area contributed by atoms with Gasteiger partial charge in [0.15, 0.2) is 0 Å². The minimum Gasteiger partial charge on any atom is -0.507 e. The third-order valence-electron chi connectivity index (χ3n) is 2.35. The van der Waals surface area contributed by atoms with Crippen LogP contribution in [0.25, 0.3) is 10.8 Å². The highest BCUT2D eigenvalue weighted by Gasteiger charge is 2.09. The van der Waals surface area contributed by atoms with E-state index in [4.69, 9.17) is 11.0 Å². The normalized spacial score (nSPS) is 9.94. The number of carbonyl (C=O) groups is 1. The number of fused-ring (bicyclic) bond motifs is 1. The number of benzene rings is 2. The molecule has 0 aliphatic rings. The molecule has 0 atom stereocenters. The molecule has 0 fully saturated rings. The van der Waals surface area contributed by atoms with E-state index in [1.54, 1.807) is 18.2 Å². The minimum absolute atomic E-state index is 0.0580. The number of hydrogen-bond acceptors (Lipinski definition) is 3. The number of primary amides is 1. The third kappa shape index (κ3) is 1.55. The van der Waals surface area contributed by atoms with E-state index in [0.29, 0.717) is 10.9 Å². The molecule has 0 aromatic heterocycles. The molecule has 3 N–H and O–H groups in total. The number of aromatic hydroxyl groups is 1. The summed E-state index contributed by atoms with van der Waals surface area (Å²) < 4.78 is 0. The van der Waals surface area contributed by atoms with Gasteiger partial charge in [-0.1, -0.05) is 6.07 Å². The van der Waals surface area contributed by atoms with Gasteiger partial charge >= 0.3 is 0 Å². The van der Waals surface area contributed by atoms with Gasteiger partial charge in [0.2, 0.25) is 0 Å². The Bertz CT molecular complexity index is 627. The highest BCUT2D eigenvalue weighted by atomic mass is 16.3. The molecule has 0 heterocycles. The van der Waals surface area contributed by atoms with Gasteiger partial charge in [-0.2, -0.15) is 5.26 Å². The first-order chi connectivity index (χ1) is 7.61. The SMILES string of the molecule is N#Cc1ccc2cc(O)c(C(N)=O)cc2c1. The van der Waals surface area contributed by atoms with Crippen molar-refractivity contribution in [3.8, 4) is 11.8 Å². The Morgan fingerprint density at radius 3 is 2.62 bits per heavy atom. The highest BCUT2D eigenvalue weighted by Crippen LogP contribution is 2.25. The molecule has 78 valence electrons. The number of carbonyl (C=O) groups excluding carboxylic acids is 1. The molecule has 1 amide bonds. The average Bonchev–Trinajstić information content (AvgIpc) is 2.27. The van der Waals surface area contributed by atoms with Crippen LogP contribution in [0.15, 0.2) is 30.3 Å². The van der Waals surface area contributed by atoms with Gasteiger partial charge in [-0.15, -0.1) is 0 Å². The fourth-order valence-corrected chi connectivity index (χ4v) is 1.55. The van der Waals surface area contributed by atoms with E-state index < -0.39 is 5.91 Å². The zero-order valence-corrected chi connectivity index (χ0v) is 8.27. The van der Waals surface area contributed by atoms with Crippen LogP contribution >= 0.6 is 0 Å². The molecule has 2 aromatic carbocycles. The van der Waals surface area contributed by atoms with E-state index in [2.05, 4.69) is 0 Å². The number of rotatable bonds is 1. The third-order valence-corrected chi connectivity index (χ3v) is 2.35. The van der Waals surface area contributed by atoms with Crippen LogP contribution in [0.4, 0.5) is 0 Å². The van der Waals surface area contributed by atoms with Crippen molar-refractivity contribution in [1.29, 1.82) is 5.26 Å². The fraction of sp³-hybridized carbons (Fsp3) is 0. The second-order valence-electron chi connectivity index (χ2n) is 3.41. The first-order valence-electron chi connectivity index (χ1n) is 4.58. The molecule has 0 saturated carbocycles. The number of nitrogens with zero attached hydrogens (tertiary/aromatic N) is 1. The summed E-state index contributed by atoms with van der Waals surface area (Å²) in [6.45, 7) is 0. The van der Waals surface area contributed by atoms with Gasteiger partial charge < -0.3 is 10.8 Å². The number of nitrogens with two attached hydrogens (primary N) is 1. The van der Waals surface area contributed by atoms with Crippen molar-refractivity contribution in [2.75, 3.05) is 0 Å². The van der Waals surface area contributed by atoms with Crippen LogP contribution in [0.2, 0.25) is 0 Å². The number of nitriles is 1. The molecule has 2 rings (SSSR count).